The minimum atomic E-state index is -0.691. The van der Waals surface area contributed by atoms with Crippen molar-refractivity contribution < 1.29 is 19.2 Å². The molecule has 2 heterocycles. The van der Waals surface area contributed by atoms with Gasteiger partial charge in [-0.2, -0.15) is 0 Å². The molecule has 0 unspecified atom stereocenters. The van der Waals surface area contributed by atoms with Crippen LogP contribution in [0, 0.1) is 10.1 Å². The summed E-state index contributed by atoms with van der Waals surface area (Å²) in [6.45, 7) is -0.140. The second-order valence-corrected chi connectivity index (χ2v) is 5.23. The highest BCUT2D eigenvalue weighted by atomic mass is 16.6. The lowest BCUT2D eigenvalue weighted by molar-refractivity contribution is -0.386. The van der Waals surface area contributed by atoms with Gasteiger partial charge in [-0.3, -0.25) is 19.3 Å². The number of esters is 1. The van der Waals surface area contributed by atoms with Crippen molar-refractivity contribution in [1.82, 2.24) is 9.38 Å². The normalized spacial score (nSPS) is 10.5. The van der Waals surface area contributed by atoms with Crippen molar-refractivity contribution in [3.8, 4) is 5.75 Å². The Morgan fingerprint density at radius 1 is 1.27 bits per heavy atom. The zero-order valence-corrected chi connectivity index (χ0v) is 13.6. The minimum absolute atomic E-state index is 0.0358. The Labute approximate surface area is 146 Å². The zero-order valence-electron chi connectivity index (χ0n) is 13.6. The van der Waals surface area contributed by atoms with E-state index < -0.39 is 10.9 Å². The molecule has 3 rings (SSSR count). The number of methoxy groups -OCH3 is 1. The number of nitro benzene ring substituents is 1. The number of hydrogen-bond donors (Lipinski definition) is 0. The maximum absolute atomic E-state index is 12.0. The van der Waals surface area contributed by atoms with Crippen molar-refractivity contribution in [2.75, 3.05) is 7.11 Å². The molecular formula is C17H13N3O6. The minimum Gasteiger partial charge on any atom is -0.480 e. The molecule has 0 aliphatic heterocycles. The second kappa shape index (κ2) is 7.01. The van der Waals surface area contributed by atoms with Crippen LogP contribution < -0.4 is 10.3 Å². The lowest BCUT2D eigenvalue weighted by Gasteiger charge is -2.08. The first-order chi connectivity index (χ1) is 12.5. The lowest BCUT2D eigenvalue weighted by atomic mass is 10.2. The summed E-state index contributed by atoms with van der Waals surface area (Å²) >= 11 is 0. The number of aromatic nitrogens is 2. The van der Waals surface area contributed by atoms with Crippen LogP contribution in [-0.2, 0) is 11.3 Å². The molecular weight excluding hydrogens is 342 g/mol. The van der Waals surface area contributed by atoms with Crippen molar-refractivity contribution in [3.05, 3.63) is 80.4 Å². The first-order valence-electron chi connectivity index (χ1n) is 7.46. The molecule has 1 aromatic carbocycles. The Bertz CT molecular complexity index is 1060. The van der Waals surface area contributed by atoms with Gasteiger partial charge in [0.2, 0.25) is 0 Å². The SMILES string of the molecule is COC(=O)c1ccc(OCc2cc(=O)n3ccccc3n2)c([N+](=O)[O-])c1. The van der Waals surface area contributed by atoms with Gasteiger partial charge in [-0.1, -0.05) is 6.07 Å². The third kappa shape index (κ3) is 3.36. The van der Waals surface area contributed by atoms with E-state index in [0.29, 0.717) is 11.3 Å². The fraction of sp³-hybridized carbons (Fsp3) is 0.118. The number of ether oxygens (including phenoxy) is 2. The Kier molecular flexibility index (Phi) is 4.61. The first kappa shape index (κ1) is 17.1. The van der Waals surface area contributed by atoms with Crippen LogP contribution >= 0.6 is 0 Å². The van der Waals surface area contributed by atoms with Gasteiger partial charge < -0.3 is 9.47 Å². The highest BCUT2D eigenvalue weighted by Gasteiger charge is 2.19. The molecule has 9 nitrogen and oxygen atoms in total. The summed E-state index contributed by atoms with van der Waals surface area (Å²) in [5.74, 6) is -0.735. The van der Waals surface area contributed by atoms with E-state index in [9.17, 15) is 19.7 Å². The van der Waals surface area contributed by atoms with Gasteiger partial charge in [-0.25, -0.2) is 9.78 Å². The molecule has 0 N–H and O–H groups in total. The third-order valence-electron chi connectivity index (χ3n) is 3.58. The van der Waals surface area contributed by atoms with E-state index in [2.05, 4.69) is 9.72 Å². The second-order valence-electron chi connectivity index (χ2n) is 5.23. The van der Waals surface area contributed by atoms with E-state index in [1.165, 1.54) is 29.7 Å². The molecule has 132 valence electrons. The highest BCUT2D eigenvalue weighted by molar-refractivity contribution is 5.90. The van der Waals surface area contributed by atoms with Crippen LogP contribution in [0.25, 0.3) is 5.65 Å². The average molecular weight is 355 g/mol. The van der Waals surface area contributed by atoms with Crippen molar-refractivity contribution >= 4 is 17.3 Å². The monoisotopic (exact) mass is 355 g/mol. The number of nitrogens with zero attached hydrogens (tertiary/aromatic N) is 3. The first-order valence-corrected chi connectivity index (χ1v) is 7.46. The number of pyridine rings is 1. The zero-order chi connectivity index (χ0) is 18.7. The summed E-state index contributed by atoms with van der Waals surface area (Å²) in [5.41, 5.74) is 0.130. The van der Waals surface area contributed by atoms with Gasteiger partial charge in [0.1, 0.15) is 12.3 Å². The smallest absolute Gasteiger partial charge is 0.338 e. The van der Waals surface area contributed by atoms with Crippen molar-refractivity contribution in [1.29, 1.82) is 0 Å². The summed E-state index contributed by atoms with van der Waals surface area (Å²) < 4.78 is 11.4. The summed E-state index contributed by atoms with van der Waals surface area (Å²) in [7, 11) is 1.18. The molecule has 0 bridgehead atoms. The lowest BCUT2D eigenvalue weighted by Crippen LogP contribution is -2.16. The molecule has 2 aromatic heterocycles. The van der Waals surface area contributed by atoms with Crippen LogP contribution in [0.3, 0.4) is 0 Å². The molecule has 26 heavy (non-hydrogen) atoms. The Balaban J connectivity index is 1.89. The van der Waals surface area contributed by atoms with Gasteiger partial charge in [0.25, 0.3) is 5.56 Å². The van der Waals surface area contributed by atoms with Crippen LogP contribution in [0.2, 0.25) is 0 Å². The van der Waals surface area contributed by atoms with Crippen molar-refractivity contribution in [2.45, 2.75) is 6.61 Å². The molecule has 0 saturated heterocycles. The molecule has 0 aliphatic rings. The van der Waals surface area contributed by atoms with Gasteiger partial charge in [0.05, 0.1) is 23.3 Å². The number of hydrogen-bond acceptors (Lipinski definition) is 7. The average Bonchev–Trinajstić information content (AvgIpc) is 2.65. The number of fused-ring (bicyclic) bond motifs is 1. The molecule has 0 atom stereocenters. The molecule has 9 heteroatoms. The molecule has 0 saturated carbocycles. The maximum atomic E-state index is 12.0. The van der Waals surface area contributed by atoms with E-state index in [1.807, 2.05) is 0 Å². The Hall–Kier alpha value is -3.75. The Morgan fingerprint density at radius 3 is 2.81 bits per heavy atom. The van der Waals surface area contributed by atoms with E-state index in [-0.39, 0.29) is 29.2 Å². The third-order valence-corrected chi connectivity index (χ3v) is 3.58. The van der Waals surface area contributed by atoms with E-state index in [0.717, 1.165) is 6.07 Å². The van der Waals surface area contributed by atoms with Gasteiger partial charge in [-0.15, -0.1) is 0 Å². The predicted molar refractivity (Wildman–Crippen MR) is 90.2 cm³/mol. The van der Waals surface area contributed by atoms with Crippen molar-refractivity contribution in [2.24, 2.45) is 0 Å². The molecule has 0 spiro atoms. The molecule has 0 amide bonds. The van der Waals surface area contributed by atoms with Crippen LogP contribution in [0.1, 0.15) is 16.1 Å². The topological polar surface area (TPSA) is 113 Å². The summed E-state index contributed by atoms with van der Waals surface area (Å²) in [6.07, 6.45) is 1.59. The largest absolute Gasteiger partial charge is 0.480 e. The van der Waals surface area contributed by atoms with E-state index in [1.54, 1.807) is 24.4 Å². The number of carbonyl (C=O) groups is 1. The number of benzene rings is 1. The predicted octanol–water partition coefficient (Wildman–Crippen LogP) is 1.97. The molecule has 0 fully saturated rings. The van der Waals surface area contributed by atoms with Gasteiger partial charge in [0.15, 0.2) is 5.75 Å². The van der Waals surface area contributed by atoms with Gasteiger partial charge in [-0.05, 0) is 24.3 Å². The fourth-order valence-electron chi connectivity index (χ4n) is 2.36. The number of rotatable bonds is 5. The van der Waals surface area contributed by atoms with Crippen LogP contribution in [0.4, 0.5) is 5.69 Å². The highest BCUT2D eigenvalue weighted by Crippen LogP contribution is 2.28. The van der Waals surface area contributed by atoms with Crippen LogP contribution in [0.5, 0.6) is 5.75 Å². The maximum Gasteiger partial charge on any atom is 0.338 e. The van der Waals surface area contributed by atoms with Crippen LogP contribution in [0.15, 0.2) is 53.5 Å². The van der Waals surface area contributed by atoms with Crippen LogP contribution in [-0.4, -0.2) is 27.4 Å². The molecule has 0 radical (unpaired) electrons. The summed E-state index contributed by atoms with van der Waals surface area (Å²) in [4.78, 5) is 38.4. The Morgan fingerprint density at radius 2 is 2.08 bits per heavy atom. The molecule has 3 aromatic rings. The van der Waals surface area contributed by atoms with Gasteiger partial charge >= 0.3 is 11.7 Å². The van der Waals surface area contributed by atoms with E-state index >= 15 is 0 Å². The van der Waals surface area contributed by atoms with Gasteiger partial charge in [0, 0.05) is 18.3 Å². The van der Waals surface area contributed by atoms with Crippen molar-refractivity contribution in [3.63, 3.8) is 0 Å². The summed E-state index contributed by atoms with van der Waals surface area (Å²) in [6, 6.07) is 10.1. The molecule has 0 aliphatic carbocycles. The summed E-state index contributed by atoms with van der Waals surface area (Å²) in [5, 5.41) is 11.2. The number of nitro groups is 1. The fourth-order valence-corrected chi connectivity index (χ4v) is 2.36. The van der Waals surface area contributed by atoms with E-state index in [4.69, 9.17) is 4.74 Å². The number of carbonyl (C=O) groups excluding carboxylic acids is 1. The quantitative estimate of drug-likeness (QED) is 0.390. The standard InChI is InChI=1S/C17H13N3O6/c1-25-17(22)11-5-6-14(13(8-11)20(23)24)26-10-12-9-16(21)19-7-3-2-4-15(19)18-12/h2-9H,10H2,1H3.